The van der Waals surface area contributed by atoms with E-state index in [0.717, 1.165) is 24.2 Å². The summed E-state index contributed by atoms with van der Waals surface area (Å²) in [7, 11) is 0. The van der Waals surface area contributed by atoms with Gasteiger partial charge in [-0.15, -0.1) is 0 Å². The number of hydrogen-bond donors (Lipinski definition) is 1. The predicted octanol–water partition coefficient (Wildman–Crippen LogP) is 3.38. The maximum atomic E-state index is 11.4. The van der Waals surface area contributed by atoms with E-state index >= 15 is 0 Å². The molecule has 4 nitrogen and oxygen atoms in total. The molecule has 0 radical (unpaired) electrons. The Bertz CT molecular complexity index is 628. The van der Waals surface area contributed by atoms with Crippen molar-refractivity contribution in [3.8, 4) is 0 Å². The maximum absolute atomic E-state index is 11.4. The van der Waals surface area contributed by atoms with Gasteiger partial charge in [0.05, 0.1) is 11.0 Å². The largest absolute Gasteiger partial charge is 0.356 e. The summed E-state index contributed by atoms with van der Waals surface area (Å²) in [5.74, 6) is 1.19. The first kappa shape index (κ1) is 15.5. The molecule has 0 aliphatic carbocycles. The van der Waals surface area contributed by atoms with Crippen molar-refractivity contribution in [2.75, 3.05) is 6.54 Å². The molecule has 0 aliphatic heterocycles. The summed E-state index contributed by atoms with van der Waals surface area (Å²) in [4.78, 5) is 16.1. The highest BCUT2D eigenvalue weighted by Gasteiger charge is 2.10. The molecular weight excluding hydrogens is 262 g/mol. The second-order valence-corrected chi connectivity index (χ2v) is 5.80. The zero-order valence-electron chi connectivity index (χ0n) is 13.4. The first-order valence-corrected chi connectivity index (χ1v) is 7.77. The van der Waals surface area contributed by atoms with E-state index < -0.39 is 0 Å². The molecular formula is C17H25N3O. The highest BCUT2D eigenvalue weighted by Crippen LogP contribution is 2.21. The van der Waals surface area contributed by atoms with Crippen LogP contribution in [0, 0.1) is 6.92 Å². The lowest BCUT2D eigenvalue weighted by Crippen LogP contribution is -2.25. The number of fused-ring (bicyclic) bond motifs is 1. The predicted molar refractivity (Wildman–Crippen MR) is 86.5 cm³/mol. The van der Waals surface area contributed by atoms with E-state index in [4.69, 9.17) is 0 Å². The summed E-state index contributed by atoms with van der Waals surface area (Å²) in [5.41, 5.74) is 3.44. The Morgan fingerprint density at radius 2 is 2.14 bits per heavy atom. The van der Waals surface area contributed by atoms with Gasteiger partial charge < -0.3 is 9.88 Å². The molecule has 2 rings (SSSR count). The van der Waals surface area contributed by atoms with Crippen LogP contribution in [-0.4, -0.2) is 22.0 Å². The summed E-state index contributed by atoms with van der Waals surface area (Å²) in [6.45, 7) is 9.09. The first-order chi connectivity index (χ1) is 10.0. The third-order valence-electron chi connectivity index (χ3n) is 3.66. The number of carbonyl (C=O) groups is 1. The molecule has 114 valence electrons. The molecule has 21 heavy (non-hydrogen) atoms. The lowest BCUT2D eigenvalue weighted by atomic mass is 10.1. The minimum Gasteiger partial charge on any atom is -0.356 e. The average Bonchev–Trinajstić information content (AvgIpc) is 2.74. The van der Waals surface area contributed by atoms with Gasteiger partial charge in [0.2, 0.25) is 5.91 Å². The lowest BCUT2D eigenvalue weighted by molar-refractivity contribution is -0.121. The third kappa shape index (κ3) is 3.63. The smallest absolute Gasteiger partial charge is 0.219 e. The molecule has 0 saturated heterocycles. The second kappa shape index (κ2) is 6.74. The summed E-state index contributed by atoms with van der Waals surface area (Å²) in [6.07, 6.45) is 2.35. The molecule has 1 amide bonds. The van der Waals surface area contributed by atoms with E-state index in [0.29, 0.717) is 19.0 Å². The van der Waals surface area contributed by atoms with Crippen molar-refractivity contribution >= 4 is 16.9 Å². The van der Waals surface area contributed by atoms with Crippen LogP contribution in [0.3, 0.4) is 0 Å². The van der Waals surface area contributed by atoms with Gasteiger partial charge in [-0.3, -0.25) is 4.79 Å². The molecule has 0 saturated carbocycles. The van der Waals surface area contributed by atoms with Crippen LogP contribution >= 0.6 is 0 Å². The first-order valence-electron chi connectivity index (χ1n) is 7.77. The minimum atomic E-state index is 0.138. The van der Waals surface area contributed by atoms with Crippen LogP contribution in [0.25, 0.3) is 11.0 Å². The van der Waals surface area contributed by atoms with E-state index in [1.165, 1.54) is 11.1 Å². The quantitative estimate of drug-likeness (QED) is 0.885. The van der Waals surface area contributed by atoms with Gasteiger partial charge in [-0.2, -0.15) is 0 Å². The van der Waals surface area contributed by atoms with E-state index in [1.54, 1.807) is 0 Å². The van der Waals surface area contributed by atoms with Gasteiger partial charge >= 0.3 is 0 Å². The standard InChI is InChI=1S/C17H25N3O/c1-5-6-17(21)18-10-9-14-7-8-16-15(11-14)19-13(4)20(16)12(2)3/h7-8,11-12H,5-6,9-10H2,1-4H3,(H,18,21). The minimum absolute atomic E-state index is 0.138. The van der Waals surface area contributed by atoms with E-state index in [1.807, 2.05) is 13.8 Å². The van der Waals surface area contributed by atoms with Crippen molar-refractivity contribution in [2.24, 2.45) is 0 Å². The fraction of sp³-hybridized carbons (Fsp3) is 0.529. The molecule has 0 unspecified atom stereocenters. The zero-order valence-corrected chi connectivity index (χ0v) is 13.4. The van der Waals surface area contributed by atoms with Crippen LogP contribution in [0.2, 0.25) is 0 Å². The molecule has 2 aromatic rings. The third-order valence-corrected chi connectivity index (χ3v) is 3.66. The monoisotopic (exact) mass is 287 g/mol. The van der Waals surface area contributed by atoms with Gasteiger partial charge in [-0.05, 0) is 51.3 Å². The number of imidazole rings is 1. The molecule has 0 aliphatic rings. The number of nitrogens with one attached hydrogen (secondary N) is 1. The highest BCUT2D eigenvalue weighted by atomic mass is 16.1. The molecule has 0 bridgehead atoms. The molecule has 1 aromatic carbocycles. The van der Waals surface area contributed by atoms with Gasteiger partial charge in [-0.25, -0.2) is 4.98 Å². The number of carbonyl (C=O) groups excluding carboxylic acids is 1. The van der Waals surface area contributed by atoms with Crippen molar-refractivity contribution in [2.45, 2.75) is 53.0 Å². The average molecular weight is 287 g/mol. The molecule has 0 spiro atoms. The molecule has 0 fully saturated rings. The Balaban J connectivity index is 2.08. The van der Waals surface area contributed by atoms with Gasteiger partial charge in [0, 0.05) is 19.0 Å². The van der Waals surface area contributed by atoms with Crippen molar-refractivity contribution in [3.05, 3.63) is 29.6 Å². The Morgan fingerprint density at radius 3 is 2.81 bits per heavy atom. The Hall–Kier alpha value is -1.84. The number of rotatable bonds is 6. The molecule has 0 atom stereocenters. The van der Waals surface area contributed by atoms with Crippen LogP contribution in [-0.2, 0) is 11.2 Å². The fourth-order valence-electron chi connectivity index (χ4n) is 2.73. The topological polar surface area (TPSA) is 46.9 Å². The van der Waals surface area contributed by atoms with Crippen molar-refractivity contribution in [1.82, 2.24) is 14.9 Å². The van der Waals surface area contributed by atoms with Gasteiger partial charge in [-0.1, -0.05) is 13.0 Å². The van der Waals surface area contributed by atoms with Crippen LogP contribution in [0.15, 0.2) is 18.2 Å². The number of amides is 1. The van der Waals surface area contributed by atoms with Crippen LogP contribution in [0.5, 0.6) is 0 Å². The van der Waals surface area contributed by atoms with Crippen LogP contribution < -0.4 is 5.32 Å². The summed E-state index contributed by atoms with van der Waals surface area (Å²) < 4.78 is 2.25. The summed E-state index contributed by atoms with van der Waals surface area (Å²) in [6, 6.07) is 6.81. The fourth-order valence-corrected chi connectivity index (χ4v) is 2.73. The zero-order chi connectivity index (χ0) is 15.4. The molecule has 1 aromatic heterocycles. The van der Waals surface area contributed by atoms with Gasteiger partial charge in [0.15, 0.2) is 0 Å². The van der Waals surface area contributed by atoms with Crippen molar-refractivity contribution in [3.63, 3.8) is 0 Å². The highest BCUT2D eigenvalue weighted by molar-refractivity contribution is 5.77. The summed E-state index contributed by atoms with van der Waals surface area (Å²) in [5, 5.41) is 2.95. The number of aromatic nitrogens is 2. The maximum Gasteiger partial charge on any atom is 0.219 e. The van der Waals surface area contributed by atoms with E-state index in [9.17, 15) is 4.79 Å². The normalized spacial score (nSPS) is 11.3. The van der Waals surface area contributed by atoms with Crippen molar-refractivity contribution in [1.29, 1.82) is 0 Å². The van der Waals surface area contributed by atoms with Crippen LogP contribution in [0.1, 0.15) is 51.0 Å². The summed E-state index contributed by atoms with van der Waals surface area (Å²) >= 11 is 0. The number of aryl methyl sites for hydroxylation is 1. The lowest BCUT2D eigenvalue weighted by Gasteiger charge is -2.10. The number of benzene rings is 1. The van der Waals surface area contributed by atoms with E-state index in [-0.39, 0.29) is 5.91 Å². The molecule has 1 heterocycles. The second-order valence-electron chi connectivity index (χ2n) is 5.80. The van der Waals surface area contributed by atoms with E-state index in [2.05, 4.69) is 46.9 Å². The van der Waals surface area contributed by atoms with Crippen molar-refractivity contribution < 1.29 is 4.79 Å². The van der Waals surface area contributed by atoms with Gasteiger partial charge in [0.1, 0.15) is 5.82 Å². The van der Waals surface area contributed by atoms with Crippen LogP contribution in [0.4, 0.5) is 0 Å². The number of hydrogen-bond acceptors (Lipinski definition) is 2. The molecule has 1 N–H and O–H groups in total. The molecule has 4 heteroatoms. The SMILES string of the molecule is CCCC(=O)NCCc1ccc2c(c1)nc(C)n2C(C)C. The Kier molecular flexibility index (Phi) is 4.99. The Labute approximate surface area is 126 Å². The number of nitrogens with zero attached hydrogens (tertiary/aromatic N) is 2. The van der Waals surface area contributed by atoms with Gasteiger partial charge in [0.25, 0.3) is 0 Å². The Morgan fingerprint density at radius 1 is 1.38 bits per heavy atom.